The summed E-state index contributed by atoms with van der Waals surface area (Å²) in [7, 11) is 0. The highest BCUT2D eigenvalue weighted by molar-refractivity contribution is 5.49. The molecule has 1 aliphatic heterocycles. The van der Waals surface area contributed by atoms with Crippen LogP contribution in [0.3, 0.4) is 0 Å². The lowest BCUT2D eigenvalue weighted by atomic mass is 10.00. The Hall–Kier alpha value is -2.77. The number of fused-ring (bicyclic) bond motifs is 1. The number of rotatable bonds is 4. The van der Waals surface area contributed by atoms with Gasteiger partial charge in [0.05, 0.1) is 12.2 Å². The van der Waals surface area contributed by atoms with Gasteiger partial charge in [0.2, 0.25) is 0 Å². The summed E-state index contributed by atoms with van der Waals surface area (Å²) >= 11 is 0. The van der Waals surface area contributed by atoms with Gasteiger partial charge in [-0.25, -0.2) is 9.67 Å². The summed E-state index contributed by atoms with van der Waals surface area (Å²) in [6.07, 6.45) is 3.18. The predicted octanol–water partition coefficient (Wildman–Crippen LogP) is 0.941. The van der Waals surface area contributed by atoms with E-state index in [0.29, 0.717) is 24.2 Å². The van der Waals surface area contributed by atoms with E-state index in [0.717, 1.165) is 24.6 Å². The Bertz CT molecular complexity index is 923. The standard InChI is InChI=1S/C16H19N7O/c1-11(2)13-6-14(23-16(20-13)17-10-19-23)21-7-12(8-21)9-22-15(24)4-3-5-18-22/h3-6,10-12H,7-9H2,1-2H3. The van der Waals surface area contributed by atoms with E-state index in [1.807, 2.05) is 0 Å². The lowest BCUT2D eigenvalue weighted by molar-refractivity contribution is 0.331. The molecular weight excluding hydrogens is 306 g/mol. The van der Waals surface area contributed by atoms with Gasteiger partial charge < -0.3 is 4.90 Å². The molecule has 4 heterocycles. The van der Waals surface area contributed by atoms with Crippen LogP contribution in [0.15, 0.2) is 35.5 Å². The molecule has 124 valence electrons. The van der Waals surface area contributed by atoms with Crippen molar-refractivity contribution < 1.29 is 0 Å². The van der Waals surface area contributed by atoms with Gasteiger partial charge in [-0.1, -0.05) is 13.8 Å². The van der Waals surface area contributed by atoms with Crippen LogP contribution in [0.4, 0.5) is 5.82 Å². The van der Waals surface area contributed by atoms with Crippen LogP contribution >= 0.6 is 0 Å². The van der Waals surface area contributed by atoms with Gasteiger partial charge in [-0.05, 0) is 12.0 Å². The second-order valence-electron chi connectivity index (χ2n) is 6.48. The number of anilines is 1. The van der Waals surface area contributed by atoms with Crippen molar-refractivity contribution in [2.75, 3.05) is 18.0 Å². The van der Waals surface area contributed by atoms with Gasteiger partial charge >= 0.3 is 0 Å². The van der Waals surface area contributed by atoms with Gasteiger partial charge in [-0.2, -0.15) is 19.7 Å². The first-order chi connectivity index (χ1) is 11.6. The summed E-state index contributed by atoms with van der Waals surface area (Å²) < 4.78 is 3.30. The molecule has 1 saturated heterocycles. The van der Waals surface area contributed by atoms with Crippen molar-refractivity contribution in [1.82, 2.24) is 29.4 Å². The zero-order valence-electron chi connectivity index (χ0n) is 13.7. The molecule has 0 unspecified atom stereocenters. The topological polar surface area (TPSA) is 81.2 Å². The highest BCUT2D eigenvalue weighted by Gasteiger charge is 2.30. The molecule has 24 heavy (non-hydrogen) atoms. The maximum atomic E-state index is 11.8. The zero-order chi connectivity index (χ0) is 16.7. The molecular formula is C16H19N7O. The molecule has 0 aromatic carbocycles. The summed E-state index contributed by atoms with van der Waals surface area (Å²) in [4.78, 5) is 22.8. The lowest BCUT2D eigenvalue weighted by Crippen LogP contribution is -2.50. The van der Waals surface area contributed by atoms with Crippen molar-refractivity contribution in [3.05, 3.63) is 46.8 Å². The molecule has 3 aromatic heterocycles. The first-order valence-corrected chi connectivity index (χ1v) is 8.09. The van der Waals surface area contributed by atoms with Crippen LogP contribution in [0, 0.1) is 5.92 Å². The van der Waals surface area contributed by atoms with Crippen LogP contribution in [-0.2, 0) is 6.54 Å². The molecule has 0 aliphatic carbocycles. The number of hydrogen-bond acceptors (Lipinski definition) is 6. The Morgan fingerprint density at radius 3 is 2.88 bits per heavy atom. The molecule has 0 N–H and O–H groups in total. The molecule has 1 aliphatic rings. The average Bonchev–Trinajstić information content (AvgIpc) is 3.00. The van der Waals surface area contributed by atoms with E-state index in [4.69, 9.17) is 0 Å². The van der Waals surface area contributed by atoms with E-state index >= 15 is 0 Å². The Labute approximate surface area is 138 Å². The number of hydrogen-bond donors (Lipinski definition) is 0. The maximum Gasteiger partial charge on any atom is 0.266 e. The minimum Gasteiger partial charge on any atom is -0.356 e. The van der Waals surface area contributed by atoms with Gasteiger partial charge in [0, 0.05) is 37.3 Å². The van der Waals surface area contributed by atoms with E-state index in [-0.39, 0.29) is 5.56 Å². The largest absolute Gasteiger partial charge is 0.356 e. The Balaban J connectivity index is 1.54. The van der Waals surface area contributed by atoms with Crippen LogP contribution in [0.25, 0.3) is 5.78 Å². The van der Waals surface area contributed by atoms with Crippen molar-refractivity contribution in [2.45, 2.75) is 26.3 Å². The number of nitrogens with zero attached hydrogens (tertiary/aromatic N) is 7. The van der Waals surface area contributed by atoms with E-state index < -0.39 is 0 Å². The molecule has 4 rings (SSSR count). The molecule has 8 nitrogen and oxygen atoms in total. The molecule has 0 bridgehead atoms. The first kappa shape index (κ1) is 14.8. The van der Waals surface area contributed by atoms with Crippen LogP contribution in [0.5, 0.6) is 0 Å². The lowest BCUT2D eigenvalue weighted by Gasteiger charge is -2.40. The second-order valence-corrected chi connectivity index (χ2v) is 6.48. The van der Waals surface area contributed by atoms with Gasteiger partial charge in [0.15, 0.2) is 0 Å². The normalized spacial score (nSPS) is 15.2. The molecule has 0 atom stereocenters. The Kier molecular flexibility index (Phi) is 3.51. The molecule has 0 spiro atoms. The Morgan fingerprint density at radius 1 is 1.29 bits per heavy atom. The maximum absolute atomic E-state index is 11.8. The van der Waals surface area contributed by atoms with Crippen LogP contribution in [0.2, 0.25) is 0 Å². The highest BCUT2D eigenvalue weighted by atomic mass is 16.1. The third kappa shape index (κ3) is 2.53. The zero-order valence-corrected chi connectivity index (χ0v) is 13.7. The second kappa shape index (κ2) is 5.70. The summed E-state index contributed by atoms with van der Waals surface area (Å²) in [6, 6.07) is 5.29. The molecule has 8 heteroatoms. The Morgan fingerprint density at radius 2 is 2.12 bits per heavy atom. The summed E-state index contributed by atoms with van der Waals surface area (Å²) in [6.45, 7) is 6.59. The fourth-order valence-corrected chi connectivity index (χ4v) is 2.98. The minimum atomic E-state index is -0.0550. The van der Waals surface area contributed by atoms with Gasteiger partial charge in [-0.3, -0.25) is 4.79 Å². The smallest absolute Gasteiger partial charge is 0.266 e. The molecule has 0 saturated carbocycles. The quantitative estimate of drug-likeness (QED) is 0.710. The van der Waals surface area contributed by atoms with Crippen LogP contribution in [-0.4, -0.2) is 42.5 Å². The summed E-state index contributed by atoms with van der Waals surface area (Å²) in [5.41, 5.74) is 0.954. The van der Waals surface area contributed by atoms with Crippen molar-refractivity contribution in [2.24, 2.45) is 5.92 Å². The molecule has 0 radical (unpaired) electrons. The SMILES string of the molecule is CC(C)c1cc(N2CC(Cn3ncccc3=O)C2)n2ncnc2n1. The third-order valence-electron chi connectivity index (χ3n) is 4.34. The van der Waals surface area contributed by atoms with Gasteiger partial charge in [0.1, 0.15) is 12.1 Å². The predicted molar refractivity (Wildman–Crippen MR) is 89.1 cm³/mol. The summed E-state index contributed by atoms with van der Waals surface area (Å²) in [5, 5.41) is 8.40. The molecule has 1 fully saturated rings. The van der Waals surface area contributed by atoms with E-state index in [1.54, 1.807) is 22.8 Å². The molecule has 3 aromatic rings. The average molecular weight is 325 g/mol. The third-order valence-corrected chi connectivity index (χ3v) is 4.34. The number of aromatic nitrogens is 6. The van der Waals surface area contributed by atoms with Crippen LogP contribution in [0.1, 0.15) is 25.5 Å². The molecule has 0 amide bonds. The van der Waals surface area contributed by atoms with E-state index in [2.05, 4.69) is 45.0 Å². The highest BCUT2D eigenvalue weighted by Crippen LogP contribution is 2.27. The van der Waals surface area contributed by atoms with Gasteiger partial charge in [0.25, 0.3) is 11.3 Å². The minimum absolute atomic E-state index is 0.0550. The monoisotopic (exact) mass is 325 g/mol. The van der Waals surface area contributed by atoms with Crippen molar-refractivity contribution in [3.8, 4) is 0 Å². The fraction of sp³-hybridized carbons (Fsp3) is 0.438. The fourth-order valence-electron chi connectivity index (χ4n) is 2.98. The van der Waals surface area contributed by atoms with Crippen molar-refractivity contribution in [1.29, 1.82) is 0 Å². The first-order valence-electron chi connectivity index (χ1n) is 8.09. The van der Waals surface area contributed by atoms with Crippen molar-refractivity contribution >= 4 is 11.6 Å². The van der Waals surface area contributed by atoms with E-state index in [1.165, 1.54) is 11.0 Å². The van der Waals surface area contributed by atoms with Crippen LogP contribution < -0.4 is 10.5 Å². The van der Waals surface area contributed by atoms with Gasteiger partial charge in [-0.15, -0.1) is 0 Å². The van der Waals surface area contributed by atoms with Crippen molar-refractivity contribution in [3.63, 3.8) is 0 Å². The summed E-state index contributed by atoms with van der Waals surface area (Å²) in [5.74, 6) is 2.35. The van der Waals surface area contributed by atoms with E-state index in [9.17, 15) is 4.79 Å².